The molecule has 0 aliphatic heterocycles. The largest absolute Gasteiger partial charge is 0.455 e. The predicted octanol–water partition coefficient (Wildman–Crippen LogP) is 12.4. The van der Waals surface area contributed by atoms with Crippen LogP contribution in [0.4, 0.5) is 8.78 Å². The molecule has 8 heteroatoms. The molecule has 5 aromatic heterocycles. The number of hydrogen-bond donors (Lipinski definition) is 0. The Morgan fingerprint density at radius 2 is 1.33 bits per heavy atom. The van der Waals surface area contributed by atoms with E-state index < -0.39 is 11.3 Å². The standard InChI is InChI=1S/C46H32F2N4O2/c1-45(2,3)44-51-41-38(53-44)26-32(27-13-5-4-6-14-27)43-40(41)34-24-29(23-33(42(34)54-43)35-16-9-11-21-49-35)46(47,48)28-19-20-31-30-15-7-8-17-36(30)52(37(31)25-28)39-18-10-12-22-50-39/h4-26H,1-3H3. The molecule has 5 heterocycles. The van der Waals surface area contributed by atoms with Crippen LogP contribution in [0.1, 0.15) is 37.8 Å². The quantitative estimate of drug-likeness (QED) is 0.178. The highest BCUT2D eigenvalue weighted by atomic mass is 19.3. The number of hydrogen-bond acceptors (Lipinski definition) is 5. The molecule has 0 N–H and O–H groups in total. The predicted molar refractivity (Wildman–Crippen MR) is 210 cm³/mol. The average molecular weight is 711 g/mol. The third kappa shape index (κ3) is 4.86. The number of aromatic nitrogens is 4. The van der Waals surface area contributed by atoms with Crippen molar-refractivity contribution in [2.24, 2.45) is 0 Å². The highest BCUT2D eigenvalue weighted by molar-refractivity contribution is 6.22. The van der Waals surface area contributed by atoms with E-state index >= 15 is 8.78 Å². The highest BCUT2D eigenvalue weighted by Gasteiger charge is 2.37. The maximum absolute atomic E-state index is 17.4. The van der Waals surface area contributed by atoms with Crippen LogP contribution >= 0.6 is 0 Å². The number of para-hydroxylation sites is 1. The van der Waals surface area contributed by atoms with E-state index in [1.54, 1.807) is 36.7 Å². The van der Waals surface area contributed by atoms with Crippen LogP contribution in [-0.2, 0) is 11.3 Å². The van der Waals surface area contributed by atoms with Crippen molar-refractivity contribution in [2.45, 2.75) is 32.1 Å². The van der Waals surface area contributed by atoms with Gasteiger partial charge in [-0.2, -0.15) is 8.78 Å². The topological polar surface area (TPSA) is 69.9 Å². The monoisotopic (exact) mass is 710 g/mol. The van der Waals surface area contributed by atoms with Crippen LogP contribution in [0, 0.1) is 0 Å². The fourth-order valence-electron chi connectivity index (χ4n) is 7.54. The van der Waals surface area contributed by atoms with Gasteiger partial charge in [0, 0.05) is 56.2 Å². The van der Waals surface area contributed by atoms with E-state index in [-0.39, 0.29) is 11.1 Å². The van der Waals surface area contributed by atoms with Crippen LogP contribution in [0.3, 0.4) is 0 Å². The maximum atomic E-state index is 17.4. The summed E-state index contributed by atoms with van der Waals surface area (Å²) < 4.78 is 50.0. The maximum Gasteiger partial charge on any atom is 0.298 e. The number of fused-ring (bicyclic) bond motifs is 8. The first kappa shape index (κ1) is 32.0. The summed E-state index contributed by atoms with van der Waals surface area (Å²) in [5.74, 6) is -2.24. The van der Waals surface area contributed by atoms with Gasteiger partial charge in [-0.15, -0.1) is 0 Å². The van der Waals surface area contributed by atoms with Gasteiger partial charge >= 0.3 is 0 Å². The Morgan fingerprint density at radius 3 is 2.09 bits per heavy atom. The number of rotatable bonds is 5. The summed E-state index contributed by atoms with van der Waals surface area (Å²) in [6.45, 7) is 6.09. The molecular formula is C46H32F2N4O2. The molecule has 5 aromatic carbocycles. The van der Waals surface area contributed by atoms with Gasteiger partial charge in [0.15, 0.2) is 5.58 Å². The van der Waals surface area contributed by atoms with E-state index in [0.717, 1.165) is 27.4 Å². The van der Waals surface area contributed by atoms with Crippen molar-refractivity contribution in [1.29, 1.82) is 0 Å². The Labute approximate surface area is 308 Å². The number of nitrogens with zero attached hydrogens (tertiary/aromatic N) is 4. The van der Waals surface area contributed by atoms with E-state index in [4.69, 9.17) is 13.8 Å². The SMILES string of the molecule is CC(C)(C)c1nc2c(cc(-c3ccccc3)c3oc4c(-c5ccccn5)cc(C(F)(F)c5ccc6c7ccccc7n(-c7ccccn7)c6c5)cc4c32)o1. The van der Waals surface area contributed by atoms with Crippen molar-refractivity contribution in [1.82, 2.24) is 19.5 Å². The van der Waals surface area contributed by atoms with Gasteiger partial charge < -0.3 is 8.83 Å². The molecule has 10 aromatic rings. The van der Waals surface area contributed by atoms with Gasteiger partial charge in [-0.05, 0) is 60.2 Å². The first-order chi connectivity index (χ1) is 26.2. The third-order valence-corrected chi connectivity index (χ3v) is 10.1. The second-order valence-electron chi connectivity index (χ2n) is 14.7. The fourth-order valence-corrected chi connectivity index (χ4v) is 7.54. The lowest BCUT2D eigenvalue weighted by Crippen LogP contribution is -2.15. The molecule has 6 nitrogen and oxygen atoms in total. The Bertz CT molecular complexity index is 3050. The van der Waals surface area contributed by atoms with Crippen LogP contribution in [0.25, 0.3) is 83.0 Å². The molecule has 0 saturated carbocycles. The molecule has 0 unspecified atom stereocenters. The zero-order valence-corrected chi connectivity index (χ0v) is 29.6. The van der Waals surface area contributed by atoms with Crippen molar-refractivity contribution < 1.29 is 17.6 Å². The van der Waals surface area contributed by atoms with Crippen LogP contribution < -0.4 is 0 Å². The molecule has 262 valence electrons. The van der Waals surface area contributed by atoms with Gasteiger partial charge in [-0.1, -0.05) is 93.6 Å². The number of pyridine rings is 2. The second kappa shape index (κ2) is 11.7. The average Bonchev–Trinajstić information content (AvgIpc) is 3.90. The molecule has 0 bridgehead atoms. The highest BCUT2D eigenvalue weighted by Crippen LogP contribution is 2.48. The normalized spacial score (nSPS) is 12.5. The molecular weight excluding hydrogens is 679 g/mol. The zero-order chi connectivity index (χ0) is 36.8. The molecule has 0 spiro atoms. The van der Waals surface area contributed by atoms with E-state index in [0.29, 0.717) is 61.5 Å². The minimum atomic E-state index is -3.43. The molecule has 0 atom stereocenters. The summed E-state index contributed by atoms with van der Waals surface area (Å²) in [5.41, 5.74) is 5.51. The molecule has 0 aliphatic rings. The van der Waals surface area contributed by atoms with E-state index in [2.05, 4.69) is 9.97 Å². The van der Waals surface area contributed by atoms with Crippen molar-refractivity contribution >= 4 is 54.8 Å². The molecule has 0 amide bonds. The minimum Gasteiger partial charge on any atom is -0.455 e. The first-order valence-corrected chi connectivity index (χ1v) is 17.8. The summed E-state index contributed by atoms with van der Waals surface area (Å²) in [6.07, 6.45) is 3.36. The summed E-state index contributed by atoms with van der Waals surface area (Å²) in [4.78, 5) is 14.2. The Morgan fingerprint density at radius 1 is 0.593 bits per heavy atom. The minimum absolute atomic E-state index is 0.152. The van der Waals surface area contributed by atoms with E-state index in [1.807, 2.05) is 116 Å². The number of benzene rings is 5. The van der Waals surface area contributed by atoms with Crippen molar-refractivity contribution in [3.63, 3.8) is 0 Å². The zero-order valence-electron chi connectivity index (χ0n) is 29.6. The molecule has 10 rings (SSSR count). The number of furan rings is 1. The Balaban J connectivity index is 1.28. The van der Waals surface area contributed by atoms with Gasteiger partial charge in [-0.3, -0.25) is 9.55 Å². The summed E-state index contributed by atoms with van der Waals surface area (Å²) in [5, 5.41) is 2.93. The summed E-state index contributed by atoms with van der Waals surface area (Å²) in [7, 11) is 0. The lowest BCUT2D eigenvalue weighted by molar-refractivity contribution is 0.0431. The van der Waals surface area contributed by atoms with E-state index in [9.17, 15) is 0 Å². The van der Waals surface area contributed by atoms with Gasteiger partial charge in [-0.25, -0.2) is 9.97 Å². The molecule has 54 heavy (non-hydrogen) atoms. The van der Waals surface area contributed by atoms with Gasteiger partial charge in [0.25, 0.3) is 5.92 Å². The van der Waals surface area contributed by atoms with Gasteiger partial charge in [0.2, 0.25) is 5.89 Å². The fraction of sp³-hybridized carbons (Fsp3) is 0.109. The van der Waals surface area contributed by atoms with Crippen LogP contribution in [0.2, 0.25) is 0 Å². The number of halogens is 2. The Hall–Kier alpha value is -6.67. The summed E-state index contributed by atoms with van der Waals surface area (Å²) >= 11 is 0. The van der Waals surface area contributed by atoms with Gasteiger partial charge in [0.05, 0.1) is 22.1 Å². The van der Waals surface area contributed by atoms with Crippen LogP contribution in [-0.4, -0.2) is 19.5 Å². The molecule has 0 saturated heterocycles. The first-order valence-electron chi connectivity index (χ1n) is 17.8. The van der Waals surface area contributed by atoms with Crippen LogP contribution in [0.5, 0.6) is 0 Å². The Kier molecular flexibility index (Phi) is 6.92. The van der Waals surface area contributed by atoms with Gasteiger partial charge in [0.1, 0.15) is 22.5 Å². The lowest BCUT2D eigenvalue weighted by Gasteiger charge is -2.19. The lowest BCUT2D eigenvalue weighted by atomic mass is 9.93. The van der Waals surface area contributed by atoms with Crippen LogP contribution in [0.15, 0.2) is 149 Å². The summed E-state index contributed by atoms with van der Waals surface area (Å²) in [6, 6.07) is 38.7. The second-order valence-corrected chi connectivity index (χ2v) is 14.7. The molecule has 0 aliphatic carbocycles. The van der Waals surface area contributed by atoms with Crippen molar-refractivity contribution in [2.75, 3.05) is 0 Å². The molecule has 0 radical (unpaired) electrons. The van der Waals surface area contributed by atoms with Crippen molar-refractivity contribution in [3.8, 4) is 28.2 Å². The number of alkyl halides is 2. The van der Waals surface area contributed by atoms with Crippen molar-refractivity contribution in [3.05, 3.63) is 157 Å². The third-order valence-electron chi connectivity index (χ3n) is 10.1. The van der Waals surface area contributed by atoms with E-state index in [1.165, 1.54) is 12.1 Å². The smallest absolute Gasteiger partial charge is 0.298 e. The number of oxazole rings is 1. The molecule has 0 fully saturated rings.